The van der Waals surface area contributed by atoms with E-state index < -0.39 is 5.97 Å². The number of pyridine rings is 1. The van der Waals surface area contributed by atoms with Crippen LogP contribution in [0.2, 0.25) is 5.02 Å². The zero-order valence-corrected chi connectivity index (χ0v) is 21.3. The molecular weight excluding hydrogens is 534 g/mol. The summed E-state index contributed by atoms with van der Waals surface area (Å²) in [5, 5.41) is 14.3. The van der Waals surface area contributed by atoms with Gasteiger partial charge in [0.15, 0.2) is 5.65 Å². The second-order valence-corrected chi connectivity index (χ2v) is 9.86. The molecule has 0 atom stereocenters. The van der Waals surface area contributed by atoms with Gasteiger partial charge >= 0.3 is 5.97 Å². The number of aliphatic carboxylic acids is 1. The summed E-state index contributed by atoms with van der Waals surface area (Å²) in [7, 11) is 1.58. The van der Waals surface area contributed by atoms with E-state index >= 15 is 0 Å². The number of nitrogen functional groups attached to an aromatic ring is 1. The van der Waals surface area contributed by atoms with Gasteiger partial charge in [-0.1, -0.05) is 17.7 Å². The van der Waals surface area contributed by atoms with Crippen molar-refractivity contribution in [1.82, 2.24) is 19.6 Å². The predicted molar refractivity (Wildman–Crippen MR) is 138 cm³/mol. The third-order valence-electron chi connectivity index (χ3n) is 6.63. The summed E-state index contributed by atoms with van der Waals surface area (Å²) in [4.78, 5) is 20.9. The molecule has 5 rings (SSSR count). The van der Waals surface area contributed by atoms with Crippen LogP contribution in [0.25, 0.3) is 28.0 Å². The highest BCUT2D eigenvalue weighted by Gasteiger charge is 2.30. The van der Waals surface area contributed by atoms with Gasteiger partial charge in [-0.3, -0.25) is 9.78 Å². The van der Waals surface area contributed by atoms with E-state index in [0.29, 0.717) is 39.6 Å². The molecule has 0 spiro atoms. The minimum atomic E-state index is -0.726. The van der Waals surface area contributed by atoms with Crippen LogP contribution in [0.4, 0.5) is 5.82 Å². The van der Waals surface area contributed by atoms with Crippen molar-refractivity contribution in [2.75, 3.05) is 12.8 Å². The predicted octanol–water partition coefficient (Wildman–Crippen LogP) is 5.82. The summed E-state index contributed by atoms with van der Waals surface area (Å²) in [5.74, 6) is 0.197. The van der Waals surface area contributed by atoms with Gasteiger partial charge in [-0.15, -0.1) is 0 Å². The van der Waals surface area contributed by atoms with Crippen LogP contribution in [0, 0.1) is 5.92 Å². The molecule has 10 heteroatoms. The smallest absolute Gasteiger partial charge is 0.306 e. The molecule has 1 aromatic carbocycles. The number of rotatable bonds is 5. The zero-order chi connectivity index (χ0) is 24.7. The van der Waals surface area contributed by atoms with Crippen molar-refractivity contribution >= 4 is 45.0 Å². The molecule has 0 aliphatic heterocycles. The molecule has 0 unspecified atom stereocenters. The number of hydrogen-bond donors (Lipinski definition) is 2. The van der Waals surface area contributed by atoms with Crippen LogP contribution >= 0.6 is 27.5 Å². The van der Waals surface area contributed by atoms with Gasteiger partial charge in [0.2, 0.25) is 0 Å². The molecule has 0 bridgehead atoms. The van der Waals surface area contributed by atoms with Gasteiger partial charge < -0.3 is 15.6 Å². The number of methoxy groups -OCH3 is 1. The van der Waals surface area contributed by atoms with E-state index in [1.807, 2.05) is 30.3 Å². The van der Waals surface area contributed by atoms with Crippen molar-refractivity contribution in [2.45, 2.75) is 31.6 Å². The zero-order valence-electron chi connectivity index (χ0n) is 18.9. The quantitative estimate of drug-likeness (QED) is 0.318. The number of nitrogens with two attached hydrogens (primary N) is 1. The maximum Gasteiger partial charge on any atom is 0.306 e. The van der Waals surface area contributed by atoms with Crippen LogP contribution in [-0.2, 0) is 4.79 Å². The first-order valence-corrected chi connectivity index (χ1v) is 12.4. The number of benzene rings is 1. The maximum atomic E-state index is 11.3. The number of ether oxygens (including phenoxy) is 1. The summed E-state index contributed by atoms with van der Waals surface area (Å²) in [6.07, 6.45) is 6.28. The number of hydrogen-bond acceptors (Lipinski definition) is 6. The Bertz CT molecular complexity index is 1420. The highest BCUT2D eigenvalue weighted by atomic mass is 79.9. The molecule has 0 saturated heterocycles. The molecule has 1 aliphatic carbocycles. The van der Waals surface area contributed by atoms with Crippen LogP contribution in [0.15, 0.2) is 47.2 Å². The maximum absolute atomic E-state index is 11.3. The molecule has 0 amide bonds. The second-order valence-electron chi connectivity index (χ2n) is 8.66. The molecule has 3 heterocycles. The van der Waals surface area contributed by atoms with Crippen molar-refractivity contribution in [3.63, 3.8) is 0 Å². The van der Waals surface area contributed by atoms with Crippen LogP contribution < -0.4 is 10.5 Å². The molecule has 180 valence electrons. The van der Waals surface area contributed by atoms with Crippen LogP contribution in [-0.4, -0.2) is 37.8 Å². The van der Waals surface area contributed by atoms with Crippen molar-refractivity contribution in [3.8, 4) is 28.1 Å². The molecule has 3 aromatic heterocycles. The normalized spacial score (nSPS) is 18.0. The van der Waals surface area contributed by atoms with Gasteiger partial charge in [0.25, 0.3) is 0 Å². The lowest BCUT2D eigenvalue weighted by Crippen LogP contribution is -2.21. The van der Waals surface area contributed by atoms with Gasteiger partial charge in [0.05, 0.1) is 40.1 Å². The van der Waals surface area contributed by atoms with Crippen molar-refractivity contribution < 1.29 is 14.6 Å². The number of carboxylic acids is 1. The summed E-state index contributed by atoms with van der Waals surface area (Å²) < 4.78 is 7.55. The lowest BCUT2D eigenvalue weighted by Gasteiger charge is -2.26. The van der Waals surface area contributed by atoms with E-state index in [9.17, 15) is 9.90 Å². The topological polar surface area (TPSA) is 116 Å². The molecule has 35 heavy (non-hydrogen) atoms. The minimum absolute atomic E-state index is 0.135. The largest absolute Gasteiger partial charge is 0.495 e. The average molecular weight is 557 g/mol. The molecule has 3 N–H and O–H groups in total. The lowest BCUT2D eigenvalue weighted by atomic mass is 9.80. The van der Waals surface area contributed by atoms with Crippen molar-refractivity contribution in [2.24, 2.45) is 5.92 Å². The summed E-state index contributed by atoms with van der Waals surface area (Å²) in [6.45, 7) is 0. The Morgan fingerprint density at radius 2 is 1.91 bits per heavy atom. The SMILES string of the molecule is COc1ccc(-c2ccc(-c3cnn4c(N)c(Br)c([C@H]5CC[C@H](C(=O)O)CC5)nc34)cn2)cc1Cl. The molecule has 1 fully saturated rings. The number of fused-ring (bicyclic) bond motifs is 1. The first kappa shape index (κ1) is 23.6. The van der Waals surface area contributed by atoms with E-state index in [1.165, 1.54) is 0 Å². The Kier molecular flexibility index (Phi) is 6.37. The van der Waals surface area contributed by atoms with Gasteiger partial charge in [-0.05, 0) is 65.9 Å². The van der Waals surface area contributed by atoms with Gasteiger partial charge in [-0.25, -0.2) is 4.98 Å². The molecule has 4 aromatic rings. The Hall–Kier alpha value is -3.17. The number of carbonyl (C=O) groups is 1. The number of carboxylic acid groups (broad SMARTS) is 1. The van der Waals surface area contributed by atoms with Crippen molar-refractivity contribution in [3.05, 3.63) is 57.9 Å². The molecular formula is C25H23BrClN5O3. The van der Waals surface area contributed by atoms with Gasteiger partial charge in [-0.2, -0.15) is 9.61 Å². The number of nitrogens with zero attached hydrogens (tertiary/aromatic N) is 4. The van der Waals surface area contributed by atoms with E-state index in [-0.39, 0.29) is 11.8 Å². The molecule has 1 aliphatic rings. The first-order chi connectivity index (χ1) is 16.9. The fourth-order valence-electron chi connectivity index (χ4n) is 4.65. The monoisotopic (exact) mass is 555 g/mol. The summed E-state index contributed by atoms with van der Waals surface area (Å²) in [6, 6.07) is 9.44. The van der Waals surface area contributed by atoms with E-state index in [1.54, 1.807) is 24.0 Å². The Balaban J connectivity index is 1.48. The third kappa shape index (κ3) is 4.34. The van der Waals surface area contributed by atoms with E-state index in [4.69, 9.17) is 27.1 Å². The molecule has 0 radical (unpaired) electrons. The Morgan fingerprint density at radius 1 is 1.17 bits per heavy atom. The highest BCUT2D eigenvalue weighted by molar-refractivity contribution is 9.10. The van der Waals surface area contributed by atoms with E-state index in [2.05, 4.69) is 26.0 Å². The fourth-order valence-corrected chi connectivity index (χ4v) is 5.49. The fraction of sp³-hybridized carbons (Fsp3) is 0.280. The number of aromatic nitrogens is 4. The molecule has 8 nitrogen and oxygen atoms in total. The van der Waals surface area contributed by atoms with Gasteiger partial charge in [0.1, 0.15) is 11.6 Å². The summed E-state index contributed by atoms with van der Waals surface area (Å²) >= 11 is 9.87. The Morgan fingerprint density at radius 3 is 2.54 bits per heavy atom. The van der Waals surface area contributed by atoms with Crippen LogP contribution in [0.5, 0.6) is 5.75 Å². The van der Waals surface area contributed by atoms with Gasteiger partial charge in [0, 0.05) is 28.8 Å². The third-order valence-corrected chi connectivity index (χ3v) is 7.74. The standard InChI is InChI=1S/C25H23BrClN5O3/c1-35-20-9-7-15(10-18(20)27)19-8-6-16(11-29-19)17-12-30-32-23(28)21(26)22(31-24(17)32)13-2-4-14(5-3-13)25(33)34/h6-14H,2-5,28H2,1H3,(H,33,34)/t13-,14-. The Labute approximate surface area is 215 Å². The molecule has 1 saturated carbocycles. The minimum Gasteiger partial charge on any atom is -0.495 e. The number of anilines is 1. The summed E-state index contributed by atoms with van der Waals surface area (Å²) in [5.41, 5.74) is 11.2. The second kappa shape index (κ2) is 9.47. The first-order valence-electron chi connectivity index (χ1n) is 11.2. The van der Waals surface area contributed by atoms with Crippen LogP contribution in [0.1, 0.15) is 37.3 Å². The van der Waals surface area contributed by atoms with E-state index in [0.717, 1.165) is 40.9 Å². The lowest BCUT2D eigenvalue weighted by molar-refractivity contribution is -0.142. The van der Waals surface area contributed by atoms with Crippen molar-refractivity contribution in [1.29, 1.82) is 0 Å². The average Bonchev–Trinajstić information content (AvgIpc) is 3.30. The highest BCUT2D eigenvalue weighted by Crippen LogP contribution is 2.40. The number of halogens is 2. The van der Waals surface area contributed by atoms with Crippen LogP contribution in [0.3, 0.4) is 0 Å².